The van der Waals surface area contributed by atoms with Gasteiger partial charge < -0.3 is 14.6 Å². The van der Waals surface area contributed by atoms with Gasteiger partial charge in [0.05, 0.1) is 22.7 Å². The number of imidazole rings is 1. The molecule has 0 amide bonds. The number of nitrogens with zero attached hydrogens (tertiary/aromatic N) is 3. The van der Waals surface area contributed by atoms with E-state index in [9.17, 15) is 4.79 Å². The van der Waals surface area contributed by atoms with Crippen LogP contribution in [0.25, 0.3) is 11.0 Å². The first kappa shape index (κ1) is 20.9. The zero-order valence-electron chi connectivity index (χ0n) is 18.5. The number of nitrogens with one attached hydrogen (secondary N) is 1. The number of nitriles is 1. The van der Waals surface area contributed by atoms with Crippen molar-refractivity contribution in [3.63, 3.8) is 0 Å². The van der Waals surface area contributed by atoms with E-state index in [0.29, 0.717) is 23.3 Å². The molecule has 0 unspecified atom stereocenters. The Bertz CT molecular complexity index is 1150. The lowest BCUT2D eigenvalue weighted by Crippen LogP contribution is -2.29. The van der Waals surface area contributed by atoms with Gasteiger partial charge >= 0.3 is 5.97 Å². The Labute approximate surface area is 182 Å². The topological polar surface area (TPSA) is 79.9 Å². The highest BCUT2D eigenvalue weighted by Crippen LogP contribution is 2.46. The Balaban J connectivity index is 1.79. The first-order valence-electron chi connectivity index (χ1n) is 10.7. The van der Waals surface area contributed by atoms with Crippen LogP contribution in [0.5, 0.6) is 5.75 Å². The number of anilines is 2. The van der Waals surface area contributed by atoms with Crippen molar-refractivity contribution in [1.82, 2.24) is 9.55 Å². The molecule has 0 bridgehead atoms. The summed E-state index contributed by atoms with van der Waals surface area (Å²) in [7, 11) is 0. The second-order valence-corrected chi connectivity index (χ2v) is 9.43. The number of hydrogen-bond acceptors (Lipinski definition) is 5. The zero-order valence-corrected chi connectivity index (χ0v) is 18.5. The molecule has 160 valence electrons. The number of ether oxygens (including phenoxy) is 1. The Morgan fingerprint density at radius 2 is 1.97 bits per heavy atom. The third kappa shape index (κ3) is 4.56. The van der Waals surface area contributed by atoms with E-state index in [1.807, 2.05) is 30.3 Å². The molecule has 1 N–H and O–H groups in total. The summed E-state index contributed by atoms with van der Waals surface area (Å²) in [6.07, 6.45) is 3.37. The summed E-state index contributed by atoms with van der Waals surface area (Å²) >= 11 is 0. The van der Waals surface area contributed by atoms with Crippen molar-refractivity contribution in [2.24, 2.45) is 11.3 Å². The number of hydrogen-bond donors (Lipinski definition) is 1. The smallest absolute Gasteiger partial charge is 0.308 e. The van der Waals surface area contributed by atoms with Crippen LogP contribution in [0.15, 0.2) is 42.5 Å². The van der Waals surface area contributed by atoms with Crippen molar-refractivity contribution in [3.05, 3.63) is 48.0 Å². The number of rotatable bonds is 4. The van der Waals surface area contributed by atoms with Gasteiger partial charge in [-0.2, -0.15) is 5.26 Å². The number of aromatic nitrogens is 2. The van der Waals surface area contributed by atoms with Crippen LogP contribution in [-0.2, 0) is 4.79 Å². The van der Waals surface area contributed by atoms with Crippen molar-refractivity contribution in [3.8, 4) is 11.8 Å². The van der Waals surface area contributed by atoms with Gasteiger partial charge in [0.2, 0.25) is 5.95 Å². The van der Waals surface area contributed by atoms with Gasteiger partial charge in [0, 0.05) is 24.7 Å². The Hall–Kier alpha value is -3.33. The van der Waals surface area contributed by atoms with Crippen LogP contribution < -0.4 is 10.1 Å². The summed E-state index contributed by atoms with van der Waals surface area (Å²) in [5.41, 5.74) is 3.54. The summed E-state index contributed by atoms with van der Waals surface area (Å²) in [4.78, 5) is 16.2. The molecule has 1 fully saturated rings. The van der Waals surface area contributed by atoms with Crippen LogP contribution in [0.4, 0.5) is 11.6 Å². The van der Waals surface area contributed by atoms with E-state index in [-0.39, 0.29) is 11.4 Å². The second kappa shape index (κ2) is 8.07. The summed E-state index contributed by atoms with van der Waals surface area (Å²) in [5.74, 6) is 1.52. The lowest BCUT2D eigenvalue weighted by molar-refractivity contribution is -0.131. The number of carbonyl (C=O) groups excluding carboxylic acids is 1. The average molecular weight is 417 g/mol. The zero-order chi connectivity index (χ0) is 22.2. The lowest BCUT2D eigenvalue weighted by Gasteiger charge is -2.40. The van der Waals surface area contributed by atoms with Gasteiger partial charge in [0.15, 0.2) is 0 Å². The monoisotopic (exact) mass is 416 g/mol. The molecule has 3 aromatic rings. The maximum Gasteiger partial charge on any atom is 0.308 e. The van der Waals surface area contributed by atoms with Crippen molar-refractivity contribution in [2.75, 3.05) is 5.32 Å². The molecule has 6 nitrogen and oxygen atoms in total. The van der Waals surface area contributed by atoms with Gasteiger partial charge in [0.1, 0.15) is 5.75 Å². The third-order valence-corrected chi connectivity index (χ3v) is 5.92. The minimum atomic E-state index is -0.349. The fourth-order valence-corrected chi connectivity index (χ4v) is 5.02. The Morgan fingerprint density at radius 3 is 2.61 bits per heavy atom. The predicted octanol–water partition coefficient (Wildman–Crippen LogP) is 5.96. The molecule has 2 atom stereocenters. The number of benzene rings is 2. The van der Waals surface area contributed by atoms with Gasteiger partial charge in [-0.3, -0.25) is 4.79 Å². The third-order valence-electron chi connectivity index (χ3n) is 5.92. The van der Waals surface area contributed by atoms with Crippen LogP contribution in [0.3, 0.4) is 0 Å². The van der Waals surface area contributed by atoms with E-state index in [1.165, 1.54) is 13.3 Å². The van der Waals surface area contributed by atoms with E-state index in [2.05, 4.69) is 36.7 Å². The molecule has 0 radical (unpaired) electrons. The molecule has 1 aliphatic rings. The van der Waals surface area contributed by atoms with Crippen LogP contribution in [0.2, 0.25) is 0 Å². The number of carbonyl (C=O) groups is 1. The lowest BCUT2D eigenvalue weighted by atomic mass is 9.70. The van der Waals surface area contributed by atoms with Crippen molar-refractivity contribution >= 4 is 28.6 Å². The molecule has 31 heavy (non-hydrogen) atoms. The summed E-state index contributed by atoms with van der Waals surface area (Å²) in [6.45, 7) is 8.38. The molecular formula is C25H28N4O2. The highest BCUT2D eigenvalue weighted by atomic mass is 16.5. The Kier molecular flexibility index (Phi) is 5.45. The van der Waals surface area contributed by atoms with Crippen LogP contribution in [-0.4, -0.2) is 15.5 Å². The van der Waals surface area contributed by atoms with Gasteiger partial charge in [-0.25, -0.2) is 4.98 Å². The van der Waals surface area contributed by atoms with Crippen LogP contribution >= 0.6 is 0 Å². The fourth-order valence-electron chi connectivity index (χ4n) is 5.02. The van der Waals surface area contributed by atoms with E-state index in [4.69, 9.17) is 15.0 Å². The van der Waals surface area contributed by atoms with Gasteiger partial charge in [-0.05, 0) is 67.0 Å². The normalized spacial score (nSPS) is 20.2. The van der Waals surface area contributed by atoms with Crippen molar-refractivity contribution < 1.29 is 9.53 Å². The minimum Gasteiger partial charge on any atom is -0.427 e. The molecule has 1 aliphatic carbocycles. The van der Waals surface area contributed by atoms with E-state index < -0.39 is 0 Å². The predicted molar refractivity (Wildman–Crippen MR) is 121 cm³/mol. The molecule has 6 heteroatoms. The number of fused-ring (bicyclic) bond motifs is 1. The van der Waals surface area contributed by atoms with E-state index in [0.717, 1.165) is 35.5 Å². The molecule has 1 aromatic heterocycles. The maximum atomic E-state index is 11.4. The van der Waals surface area contributed by atoms with Gasteiger partial charge in [0.25, 0.3) is 0 Å². The second-order valence-electron chi connectivity index (χ2n) is 9.43. The molecular weight excluding hydrogens is 388 g/mol. The minimum absolute atomic E-state index is 0.252. The molecule has 4 rings (SSSR count). The molecule has 0 spiro atoms. The quantitative estimate of drug-likeness (QED) is 0.419. The van der Waals surface area contributed by atoms with E-state index >= 15 is 0 Å². The van der Waals surface area contributed by atoms with Gasteiger partial charge in [-0.1, -0.05) is 20.8 Å². The maximum absolute atomic E-state index is 11.4. The molecule has 1 heterocycles. The molecule has 0 aliphatic heterocycles. The first-order valence-corrected chi connectivity index (χ1v) is 10.7. The average Bonchev–Trinajstić information content (AvgIpc) is 3.03. The summed E-state index contributed by atoms with van der Waals surface area (Å²) in [5, 5.41) is 12.5. The van der Waals surface area contributed by atoms with Crippen LogP contribution in [0.1, 0.15) is 58.6 Å². The fraction of sp³-hybridized carbons (Fsp3) is 0.400. The largest absolute Gasteiger partial charge is 0.427 e. The highest BCUT2D eigenvalue weighted by Gasteiger charge is 2.34. The van der Waals surface area contributed by atoms with Crippen molar-refractivity contribution in [2.45, 2.75) is 53.0 Å². The standard InChI is InChI=1S/C25H28N4O2/c1-16-11-20(14-25(3,4)13-16)29-23-10-9-21(31-17(2)30)12-22(23)28-24(29)27-19-7-5-18(15-26)6-8-19/h5-10,12,16,20H,11,13-14H2,1-4H3,(H,27,28)/t16-,20+/m0/s1. The van der Waals surface area contributed by atoms with E-state index in [1.54, 1.807) is 12.1 Å². The summed E-state index contributed by atoms with van der Waals surface area (Å²) < 4.78 is 7.57. The molecule has 1 saturated carbocycles. The summed E-state index contributed by atoms with van der Waals surface area (Å²) in [6, 6.07) is 15.4. The first-order chi connectivity index (χ1) is 14.7. The van der Waals surface area contributed by atoms with Crippen molar-refractivity contribution in [1.29, 1.82) is 5.26 Å². The molecule has 0 saturated heterocycles. The van der Waals surface area contributed by atoms with Gasteiger partial charge in [-0.15, -0.1) is 0 Å². The molecule has 2 aromatic carbocycles. The SMILES string of the molecule is CC(=O)Oc1ccc2c(c1)nc(Nc1ccc(C#N)cc1)n2[C@@H]1C[C@H](C)CC(C)(C)C1. The Morgan fingerprint density at radius 1 is 1.23 bits per heavy atom. The highest BCUT2D eigenvalue weighted by molar-refractivity contribution is 5.82. The number of esters is 1. The van der Waals surface area contributed by atoms with Crippen LogP contribution in [0, 0.1) is 22.7 Å².